The maximum atomic E-state index is 13.4. The summed E-state index contributed by atoms with van der Waals surface area (Å²) in [5.41, 5.74) is 5.09. The molecule has 0 aliphatic rings. The first-order valence-corrected chi connectivity index (χ1v) is 5.71. The molecule has 0 fully saturated rings. The second kappa shape index (κ2) is 5.24. The number of aryl methyl sites for hydroxylation is 1. The van der Waals surface area contributed by atoms with Crippen LogP contribution in [0.2, 0.25) is 0 Å². The Kier molecular flexibility index (Phi) is 3.64. The topological polar surface area (TPSA) is 72.9 Å². The predicted octanol–water partition coefficient (Wildman–Crippen LogP) is 2.15. The molecule has 1 amide bonds. The van der Waals surface area contributed by atoms with Gasteiger partial charge in [0.25, 0.3) is 5.91 Å². The van der Waals surface area contributed by atoms with E-state index >= 15 is 0 Å². The van der Waals surface area contributed by atoms with Gasteiger partial charge in [-0.3, -0.25) is 9.48 Å². The molecule has 0 saturated carbocycles. The van der Waals surface area contributed by atoms with Gasteiger partial charge in [-0.05, 0) is 19.1 Å². The molecule has 0 radical (unpaired) electrons. The number of halogens is 3. The van der Waals surface area contributed by atoms with Gasteiger partial charge in [0.2, 0.25) is 0 Å². The van der Waals surface area contributed by atoms with Crippen LogP contribution in [-0.2, 0) is 6.54 Å². The summed E-state index contributed by atoms with van der Waals surface area (Å²) in [6.45, 7) is 2.29. The van der Waals surface area contributed by atoms with Gasteiger partial charge < -0.3 is 11.1 Å². The normalized spacial score (nSPS) is 10.6. The molecule has 0 unspecified atom stereocenters. The van der Waals surface area contributed by atoms with Crippen LogP contribution in [0.15, 0.2) is 18.3 Å². The van der Waals surface area contributed by atoms with Crippen molar-refractivity contribution in [2.24, 2.45) is 0 Å². The average molecular weight is 284 g/mol. The average Bonchev–Trinajstić information content (AvgIpc) is 2.81. The first kappa shape index (κ1) is 13.9. The highest BCUT2D eigenvalue weighted by atomic mass is 19.2. The molecule has 106 valence electrons. The molecule has 0 bridgehead atoms. The van der Waals surface area contributed by atoms with Gasteiger partial charge in [0.05, 0.1) is 11.4 Å². The Hall–Kier alpha value is -2.51. The molecule has 0 aliphatic carbocycles. The Bertz CT molecular complexity index is 669. The van der Waals surface area contributed by atoms with Crippen molar-refractivity contribution in [2.75, 3.05) is 11.1 Å². The van der Waals surface area contributed by atoms with E-state index in [2.05, 4.69) is 10.4 Å². The van der Waals surface area contributed by atoms with E-state index in [9.17, 15) is 18.0 Å². The molecule has 0 saturated heterocycles. The summed E-state index contributed by atoms with van der Waals surface area (Å²) in [7, 11) is 0. The Balaban J connectivity index is 2.28. The maximum Gasteiger partial charge on any atom is 0.278 e. The van der Waals surface area contributed by atoms with Gasteiger partial charge in [0.15, 0.2) is 23.1 Å². The molecular weight excluding hydrogens is 273 g/mol. The van der Waals surface area contributed by atoms with Crippen molar-refractivity contribution < 1.29 is 18.0 Å². The van der Waals surface area contributed by atoms with E-state index in [1.165, 1.54) is 10.9 Å². The van der Waals surface area contributed by atoms with Gasteiger partial charge in [-0.2, -0.15) is 5.10 Å². The minimum Gasteiger partial charge on any atom is -0.396 e. The highest BCUT2D eigenvalue weighted by molar-refractivity contribution is 6.06. The van der Waals surface area contributed by atoms with E-state index in [0.717, 1.165) is 6.07 Å². The number of benzene rings is 1. The summed E-state index contributed by atoms with van der Waals surface area (Å²) in [5, 5.41) is 5.98. The fourth-order valence-corrected chi connectivity index (χ4v) is 1.58. The zero-order chi connectivity index (χ0) is 14.9. The third kappa shape index (κ3) is 2.44. The lowest BCUT2D eigenvalue weighted by atomic mass is 10.2. The van der Waals surface area contributed by atoms with Gasteiger partial charge in [-0.1, -0.05) is 0 Å². The van der Waals surface area contributed by atoms with Crippen LogP contribution in [0.1, 0.15) is 17.4 Å². The van der Waals surface area contributed by atoms with Crippen molar-refractivity contribution in [1.82, 2.24) is 9.78 Å². The second-order valence-electron chi connectivity index (χ2n) is 3.97. The highest BCUT2D eigenvalue weighted by Crippen LogP contribution is 2.21. The number of aromatic nitrogens is 2. The number of nitrogens with zero attached hydrogens (tertiary/aromatic N) is 2. The van der Waals surface area contributed by atoms with E-state index < -0.39 is 29.0 Å². The number of carbonyl (C=O) groups excluding carboxylic acids is 1. The molecule has 3 N–H and O–H groups in total. The number of nitrogens with two attached hydrogens (primary N) is 1. The van der Waals surface area contributed by atoms with Crippen LogP contribution in [0.5, 0.6) is 0 Å². The second-order valence-corrected chi connectivity index (χ2v) is 3.97. The molecule has 1 aromatic carbocycles. The van der Waals surface area contributed by atoms with Gasteiger partial charge >= 0.3 is 0 Å². The number of nitrogens with one attached hydrogen (secondary N) is 1. The summed E-state index contributed by atoms with van der Waals surface area (Å²) in [6.07, 6.45) is 1.44. The Labute approximate surface area is 112 Å². The van der Waals surface area contributed by atoms with Gasteiger partial charge in [0.1, 0.15) is 0 Å². The number of hydrogen-bond donors (Lipinski definition) is 2. The molecule has 0 spiro atoms. The lowest BCUT2D eigenvalue weighted by molar-refractivity contribution is 0.102. The van der Waals surface area contributed by atoms with Crippen LogP contribution in [0.3, 0.4) is 0 Å². The van der Waals surface area contributed by atoms with E-state index in [4.69, 9.17) is 5.73 Å². The van der Waals surface area contributed by atoms with Gasteiger partial charge in [0, 0.05) is 12.7 Å². The highest BCUT2D eigenvalue weighted by Gasteiger charge is 2.19. The van der Waals surface area contributed by atoms with Crippen molar-refractivity contribution >= 4 is 17.3 Å². The summed E-state index contributed by atoms with van der Waals surface area (Å²) < 4.78 is 40.7. The molecule has 8 heteroatoms. The Morgan fingerprint density at radius 1 is 1.35 bits per heavy atom. The molecule has 0 aliphatic heterocycles. The largest absolute Gasteiger partial charge is 0.396 e. The number of rotatable bonds is 3. The zero-order valence-corrected chi connectivity index (χ0v) is 10.5. The summed E-state index contributed by atoms with van der Waals surface area (Å²) >= 11 is 0. The van der Waals surface area contributed by atoms with E-state index in [0.29, 0.717) is 12.6 Å². The number of hydrogen-bond acceptors (Lipinski definition) is 3. The molecule has 0 atom stereocenters. The third-order valence-electron chi connectivity index (χ3n) is 2.61. The van der Waals surface area contributed by atoms with Crippen LogP contribution in [0.4, 0.5) is 24.5 Å². The molecular formula is C12H11F3N4O. The van der Waals surface area contributed by atoms with Crippen molar-refractivity contribution in [3.63, 3.8) is 0 Å². The lowest BCUT2D eigenvalue weighted by Gasteiger charge is -2.06. The smallest absolute Gasteiger partial charge is 0.278 e. The fraction of sp³-hybridized carbons (Fsp3) is 0.167. The third-order valence-corrected chi connectivity index (χ3v) is 2.61. The molecule has 2 aromatic rings. The monoisotopic (exact) mass is 284 g/mol. The molecule has 5 nitrogen and oxygen atoms in total. The molecule has 2 rings (SSSR count). The minimum atomic E-state index is -1.66. The molecule has 1 aromatic heterocycles. The molecule has 1 heterocycles. The Morgan fingerprint density at radius 3 is 2.65 bits per heavy atom. The first-order chi connectivity index (χ1) is 9.43. The summed E-state index contributed by atoms with van der Waals surface area (Å²) in [6, 6.07) is 1.63. The summed E-state index contributed by atoms with van der Waals surface area (Å²) in [5.74, 6) is -5.28. The Morgan fingerprint density at radius 2 is 2.05 bits per heavy atom. The first-order valence-electron chi connectivity index (χ1n) is 5.71. The van der Waals surface area contributed by atoms with Crippen LogP contribution >= 0.6 is 0 Å². The zero-order valence-electron chi connectivity index (χ0n) is 10.5. The SMILES string of the molecule is CCn1cc(N)c(C(=O)Nc2ccc(F)c(F)c2F)n1. The number of carbonyl (C=O) groups is 1. The van der Waals surface area contributed by atoms with Crippen LogP contribution in [0.25, 0.3) is 0 Å². The van der Waals surface area contributed by atoms with Crippen LogP contribution < -0.4 is 11.1 Å². The lowest BCUT2D eigenvalue weighted by Crippen LogP contribution is -2.16. The van der Waals surface area contributed by atoms with Crippen LogP contribution in [0, 0.1) is 17.5 Å². The number of anilines is 2. The van der Waals surface area contributed by atoms with Crippen LogP contribution in [-0.4, -0.2) is 15.7 Å². The fourth-order valence-electron chi connectivity index (χ4n) is 1.58. The van der Waals surface area contributed by atoms with Crippen molar-refractivity contribution in [3.8, 4) is 0 Å². The van der Waals surface area contributed by atoms with Gasteiger partial charge in [-0.25, -0.2) is 13.2 Å². The minimum absolute atomic E-state index is 0.104. The molecule has 20 heavy (non-hydrogen) atoms. The maximum absolute atomic E-state index is 13.4. The standard InChI is InChI=1S/C12H11F3N4O/c1-2-19-5-7(16)11(18-19)12(20)17-8-4-3-6(13)9(14)10(8)15/h3-5H,2,16H2,1H3,(H,17,20). The van der Waals surface area contributed by atoms with Gasteiger partial charge in [-0.15, -0.1) is 0 Å². The quantitative estimate of drug-likeness (QED) is 0.848. The van der Waals surface area contributed by atoms with E-state index in [1.54, 1.807) is 6.92 Å². The van der Waals surface area contributed by atoms with E-state index in [-0.39, 0.29) is 11.4 Å². The number of amides is 1. The summed E-state index contributed by atoms with van der Waals surface area (Å²) in [4.78, 5) is 11.9. The van der Waals surface area contributed by atoms with Crippen molar-refractivity contribution in [3.05, 3.63) is 41.5 Å². The van der Waals surface area contributed by atoms with Crippen molar-refractivity contribution in [1.29, 1.82) is 0 Å². The van der Waals surface area contributed by atoms with E-state index in [1.807, 2.05) is 0 Å². The predicted molar refractivity (Wildman–Crippen MR) is 66.6 cm³/mol. The number of nitrogen functional groups attached to an aromatic ring is 1. The van der Waals surface area contributed by atoms with Crippen molar-refractivity contribution in [2.45, 2.75) is 13.5 Å².